The van der Waals surface area contributed by atoms with Crippen molar-refractivity contribution >= 4 is 5.91 Å². The first-order chi connectivity index (χ1) is 9.29. The molecule has 4 heteroatoms. The molecule has 0 aliphatic carbocycles. The molecule has 0 radical (unpaired) electrons. The molecule has 0 bridgehead atoms. The number of nitrogens with one attached hydrogen (secondary N) is 1. The molecule has 4 nitrogen and oxygen atoms in total. The van der Waals surface area contributed by atoms with Gasteiger partial charge in [-0.05, 0) is 23.8 Å². The molecule has 0 spiro atoms. The molecule has 1 heterocycles. The second-order valence-electron chi connectivity index (χ2n) is 3.85. The van der Waals surface area contributed by atoms with Gasteiger partial charge in [0.1, 0.15) is 12.9 Å². The minimum absolute atomic E-state index is 0.165. The maximum Gasteiger partial charge on any atom is 0.254 e. The third-order valence-corrected chi connectivity index (χ3v) is 2.48. The average molecular weight is 255 g/mol. The lowest BCUT2D eigenvalue weighted by atomic mass is 10.1. The monoisotopic (exact) mass is 255 g/mol. The summed E-state index contributed by atoms with van der Waals surface area (Å²) in [6.07, 6.45) is 2.86. The molecule has 2 aromatic rings. The van der Waals surface area contributed by atoms with Gasteiger partial charge < -0.3 is 14.8 Å². The van der Waals surface area contributed by atoms with Crippen LogP contribution in [0.4, 0.5) is 0 Å². The van der Waals surface area contributed by atoms with E-state index in [-0.39, 0.29) is 12.5 Å². The molecule has 0 saturated carbocycles. The summed E-state index contributed by atoms with van der Waals surface area (Å²) in [7, 11) is 0. The van der Waals surface area contributed by atoms with Crippen molar-refractivity contribution in [1.29, 1.82) is 0 Å². The highest BCUT2D eigenvalue weighted by Gasteiger charge is 2.05. The van der Waals surface area contributed by atoms with Crippen molar-refractivity contribution in [2.45, 2.75) is 6.54 Å². The summed E-state index contributed by atoms with van der Waals surface area (Å²) in [6.45, 7) is 0.250. The van der Waals surface area contributed by atoms with Crippen LogP contribution in [0.15, 0.2) is 47.3 Å². The van der Waals surface area contributed by atoms with Crippen LogP contribution in [0.3, 0.4) is 0 Å². The van der Waals surface area contributed by atoms with E-state index in [1.54, 1.807) is 6.07 Å². The number of carbonyl (C=O) groups is 1. The smallest absolute Gasteiger partial charge is 0.254 e. The molecule has 0 saturated heterocycles. The van der Waals surface area contributed by atoms with E-state index in [9.17, 15) is 4.79 Å². The maximum atomic E-state index is 11.7. The average Bonchev–Trinajstić information content (AvgIpc) is 2.97. The highest BCUT2D eigenvalue weighted by atomic mass is 16.3. The highest BCUT2D eigenvalue weighted by molar-refractivity contribution is 5.93. The fourth-order valence-corrected chi connectivity index (χ4v) is 1.58. The minimum atomic E-state index is -0.180. The van der Waals surface area contributed by atoms with Crippen LogP contribution in [0.2, 0.25) is 0 Å². The molecule has 0 aliphatic rings. The zero-order chi connectivity index (χ0) is 13.5. The fraction of sp³-hybridized carbons (Fsp3) is 0.133. The number of aliphatic hydroxyl groups is 1. The molecule has 1 amide bonds. The number of benzene rings is 1. The molecule has 19 heavy (non-hydrogen) atoms. The number of hydrogen-bond donors (Lipinski definition) is 2. The normalized spacial score (nSPS) is 9.53. The molecular formula is C15H13NO3. The van der Waals surface area contributed by atoms with Crippen molar-refractivity contribution in [1.82, 2.24) is 5.32 Å². The first kappa shape index (κ1) is 12.9. The Kier molecular flexibility index (Phi) is 4.38. The lowest BCUT2D eigenvalue weighted by Gasteiger charge is -2.04. The van der Waals surface area contributed by atoms with Crippen LogP contribution in [0.1, 0.15) is 21.5 Å². The molecular weight excluding hydrogens is 242 g/mol. The molecule has 1 aromatic carbocycles. The SMILES string of the molecule is O=C(NCc1cccc(C#CCO)c1)c1ccoc1. The number of rotatable bonds is 3. The maximum absolute atomic E-state index is 11.7. The van der Waals surface area contributed by atoms with Gasteiger partial charge in [0, 0.05) is 12.1 Å². The first-order valence-electron chi connectivity index (χ1n) is 5.78. The van der Waals surface area contributed by atoms with Crippen molar-refractivity contribution in [3.05, 3.63) is 59.5 Å². The largest absolute Gasteiger partial charge is 0.472 e. The number of amides is 1. The van der Waals surface area contributed by atoms with Gasteiger partial charge in [0.15, 0.2) is 0 Å². The fourth-order valence-electron chi connectivity index (χ4n) is 1.58. The van der Waals surface area contributed by atoms with Gasteiger partial charge in [-0.1, -0.05) is 24.0 Å². The van der Waals surface area contributed by atoms with Crippen molar-refractivity contribution in [3.8, 4) is 11.8 Å². The van der Waals surface area contributed by atoms with Gasteiger partial charge in [0.05, 0.1) is 11.8 Å². The van der Waals surface area contributed by atoms with Crippen LogP contribution in [0.5, 0.6) is 0 Å². The molecule has 96 valence electrons. The molecule has 0 fully saturated rings. The van der Waals surface area contributed by atoms with E-state index in [1.807, 2.05) is 24.3 Å². The first-order valence-corrected chi connectivity index (χ1v) is 5.78. The highest BCUT2D eigenvalue weighted by Crippen LogP contribution is 2.05. The van der Waals surface area contributed by atoms with Gasteiger partial charge in [-0.15, -0.1) is 0 Å². The van der Waals surface area contributed by atoms with E-state index >= 15 is 0 Å². The second kappa shape index (κ2) is 6.43. The number of furan rings is 1. The van der Waals surface area contributed by atoms with Crippen molar-refractivity contribution in [3.63, 3.8) is 0 Å². The summed E-state index contributed by atoms with van der Waals surface area (Å²) in [5.74, 6) is 5.23. The van der Waals surface area contributed by atoms with Crippen LogP contribution in [0, 0.1) is 11.8 Å². The number of hydrogen-bond acceptors (Lipinski definition) is 3. The number of aliphatic hydroxyl groups excluding tert-OH is 1. The zero-order valence-corrected chi connectivity index (χ0v) is 10.2. The van der Waals surface area contributed by atoms with E-state index in [0.29, 0.717) is 12.1 Å². The Bertz CT molecular complexity index is 606. The van der Waals surface area contributed by atoms with Gasteiger partial charge in [-0.2, -0.15) is 0 Å². The summed E-state index contributed by atoms with van der Waals surface area (Å²) in [5, 5.41) is 11.4. The van der Waals surface area contributed by atoms with Gasteiger partial charge in [0.25, 0.3) is 5.91 Å². The molecule has 0 atom stereocenters. The lowest BCUT2D eigenvalue weighted by molar-refractivity contribution is 0.0950. The lowest BCUT2D eigenvalue weighted by Crippen LogP contribution is -2.22. The summed E-state index contributed by atoms with van der Waals surface area (Å²) >= 11 is 0. The van der Waals surface area contributed by atoms with Crippen LogP contribution in [-0.2, 0) is 6.54 Å². The Labute approximate surface area is 111 Å². The molecule has 2 N–H and O–H groups in total. The molecule has 0 unspecified atom stereocenters. The van der Waals surface area contributed by atoms with Crippen LogP contribution in [0.25, 0.3) is 0 Å². The van der Waals surface area contributed by atoms with Crippen LogP contribution in [-0.4, -0.2) is 17.6 Å². The minimum Gasteiger partial charge on any atom is -0.472 e. The van der Waals surface area contributed by atoms with Crippen molar-refractivity contribution < 1.29 is 14.3 Å². The zero-order valence-electron chi connectivity index (χ0n) is 10.2. The van der Waals surface area contributed by atoms with E-state index in [0.717, 1.165) is 11.1 Å². The van der Waals surface area contributed by atoms with Crippen LogP contribution < -0.4 is 5.32 Å². The topological polar surface area (TPSA) is 62.5 Å². The van der Waals surface area contributed by atoms with Gasteiger partial charge in [-0.25, -0.2) is 0 Å². The Morgan fingerprint density at radius 2 is 2.26 bits per heavy atom. The van der Waals surface area contributed by atoms with Crippen molar-refractivity contribution in [2.75, 3.05) is 6.61 Å². The molecule has 0 aliphatic heterocycles. The van der Waals surface area contributed by atoms with E-state index < -0.39 is 0 Å². The second-order valence-corrected chi connectivity index (χ2v) is 3.85. The third-order valence-electron chi connectivity index (χ3n) is 2.48. The Morgan fingerprint density at radius 3 is 3.00 bits per heavy atom. The Hall–Kier alpha value is -2.51. The molecule has 1 aromatic heterocycles. The summed E-state index contributed by atoms with van der Waals surface area (Å²) in [5.41, 5.74) is 2.25. The van der Waals surface area contributed by atoms with Gasteiger partial charge >= 0.3 is 0 Å². The Balaban J connectivity index is 1.98. The molecule has 2 rings (SSSR count). The predicted octanol–water partition coefficient (Wildman–Crippen LogP) is 1.55. The standard InChI is InChI=1S/C15H13NO3/c17-7-2-5-12-3-1-4-13(9-12)10-16-15(18)14-6-8-19-11-14/h1,3-4,6,8-9,11,17H,7,10H2,(H,16,18). The van der Waals surface area contributed by atoms with E-state index in [4.69, 9.17) is 9.52 Å². The number of carbonyl (C=O) groups excluding carboxylic acids is 1. The summed E-state index contributed by atoms with van der Waals surface area (Å²) in [6, 6.07) is 9.10. The Morgan fingerprint density at radius 1 is 1.37 bits per heavy atom. The van der Waals surface area contributed by atoms with Gasteiger partial charge in [-0.3, -0.25) is 4.79 Å². The third kappa shape index (κ3) is 3.73. The van der Waals surface area contributed by atoms with Gasteiger partial charge in [0.2, 0.25) is 0 Å². The predicted molar refractivity (Wildman–Crippen MR) is 70.3 cm³/mol. The van der Waals surface area contributed by atoms with Crippen molar-refractivity contribution in [2.24, 2.45) is 0 Å². The van der Waals surface area contributed by atoms with Crippen LogP contribution >= 0.6 is 0 Å². The summed E-state index contributed by atoms with van der Waals surface area (Å²) in [4.78, 5) is 11.7. The van der Waals surface area contributed by atoms with E-state index in [1.165, 1.54) is 12.5 Å². The van der Waals surface area contributed by atoms with E-state index in [2.05, 4.69) is 17.2 Å². The summed E-state index contributed by atoms with van der Waals surface area (Å²) < 4.78 is 4.85. The quantitative estimate of drug-likeness (QED) is 0.818.